The van der Waals surface area contributed by atoms with Crippen LogP contribution in [0.25, 0.3) is 16.9 Å². The van der Waals surface area contributed by atoms with E-state index >= 15 is 0 Å². The fourth-order valence-electron chi connectivity index (χ4n) is 5.56. The van der Waals surface area contributed by atoms with Crippen molar-refractivity contribution >= 4 is 22.9 Å². The fraction of sp³-hybridized carbons (Fsp3) is 0.636. The molecule has 0 unspecified atom stereocenters. The smallest absolute Gasteiger partial charge is 0.333 e. The van der Waals surface area contributed by atoms with Crippen molar-refractivity contribution in [3.8, 4) is 0 Å². The van der Waals surface area contributed by atoms with Crippen molar-refractivity contribution in [2.45, 2.75) is 66.0 Å². The molecule has 3 atom stereocenters. The summed E-state index contributed by atoms with van der Waals surface area (Å²) < 4.78 is 11.0. The van der Waals surface area contributed by atoms with Gasteiger partial charge in [-0.25, -0.2) is 14.2 Å². The third kappa shape index (κ3) is 3.21. The maximum atomic E-state index is 13.4. The summed E-state index contributed by atoms with van der Waals surface area (Å²) in [5.74, 6) is 0.590. The van der Waals surface area contributed by atoms with E-state index in [-0.39, 0.29) is 17.0 Å². The summed E-state index contributed by atoms with van der Waals surface area (Å²) in [6.45, 7) is 10.4. The van der Waals surface area contributed by atoms with Crippen molar-refractivity contribution in [2.24, 2.45) is 18.4 Å². The van der Waals surface area contributed by atoms with Crippen LogP contribution in [0.5, 0.6) is 0 Å². The molecule has 0 radical (unpaired) electrons. The Labute approximate surface area is 180 Å². The first-order valence-corrected chi connectivity index (χ1v) is 10.8. The van der Waals surface area contributed by atoms with E-state index in [1.54, 1.807) is 11.4 Å². The molecule has 3 aromatic heterocycles. The standard InChI is InChI=1S/C22H31N5O4/c1-12-8-15(10-22(4,5)9-12)26-13(2)11-25-16-17(23-20(25)26)24(6)21(30)27(18(16)28)14(3)19(29)31-7/h11-12,14-15H,8-10H2,1-7H3/t12-,14-,15-/m0/s1. The van der Waals surface area contributed by atoms with Crippen molar-refractivity contribution in [1.29, 1.82) is 0 Å². The first kappa shape index (κ1) is 21.4. The Hall–Kier alpha value is -2.84. The number of hydrogen-bond donors (Lipinski definition) is 0. The maximum absolute atomic E-state index is 13.4. The van der Waals surface area contributed by atoms with E-state index in [0.717, 1.165) is 23.1 Å². The quantitative estimate of drug-likeness (QED) is 0.597. The average Bonchev–Trinajstić information content (AvgIpc) is 3.18. The van der Waals surface area contributed by atoms with Gasteiger partial charge in [0.25, 0.3) is 5.56 Å². The van der Waals surface area contributed by atoms with Crippen molar-refractivity contribution in [1.82, 2.24) is 23.1 Å². The number of imidazole rings is 2. The number of esters is 1. The summed E-state index contributed by atoms with van der Waals surface area (Å²) in [5.41, 5.74) is 0.704. The average molecular weight is 430 g/mol. The van der Waals surface area contributed by atoms with Gasteiger partial charge in [-0.2, -0.15) is 4.98 Å². The largest absolute Gasteiger partial charge is 0.467 e. The van der Waals surface area contributed by atoms with E-state index in [9.17, 15) is 14.4 Å². The van der Waals surface area contributed by atoms with Crippen molar-refractivity contribution < 1.29 is 9.53 Å². The van der Waals surface area contributed by atoms with E-state index in [1.807, 2.05) is 13.1 Å². The zero-order chi connectivity index (χ0) is 22.8. The molecule has 168 valence electrons. The van der Waals surface area contributed by atoms with E-state index in [4.69, 9.17) is 9.72 Å². The van der Waals surface area contributed by atoms with Crippen LogP contribution in [0.4, 0.5) is 0 Å². The number of nitrogens with zero attached hydrogens (tertiary/aromatic N) is 5. The molecule has 0 spiro atoms. The highest BCUT2D eigenvalue weighted by Gasteiger charge is 2.35. The van der Waals surface area contributed by atoms with E-state index in [1.165, 1.54) is 25.0 Å². The number of aromatic nitrogens is 5. The molecule has 1 fully saturated rings. The minimum absolute atomic E-state index is 0.220. The Morgan fingerprint density at radius 1 is 1.29 bits per heavy atom. The lowest BCUT2D eigenvalue weighted by molar-refractivity contribution is -0.144. The molecule has 0 N–H and O–H groups in total. The maximum Gasteiger partial charge on any atom is 0.333 e. The molecule has 0 amide bonds. The molecular formula is C22H31N5O4. The van der Waals surface area contributed by atoms with Gasteiger partial charge in [0.15, 0.2) is 11.2 Å². The van der Waals surface area contributed by atoms with Gasteiger partial charge in [0.2, 0.25) is 5.78 Å². The zero-order valence-corrected chi connectivity index (χ0v) is 19.3. The molecule has 1 saturated carbocycles. The molecule has 9 nitrogen and oxygen atoms in total. The van der Waals surface area contributed by atoms with Gasteiger partial charge in [0.1, 0.15) is 6.04 Å². The first-order valence-electron chi connectivity index (χ1n) is 10.8. The van der Waals surface area contributed by atoms with Gasteiger partial charge in [0.05, 0.1) is 7.11 Å². The lowest BCUT2D eigenvalue weighted by Gasteiger charge is -2.39. The van der Waals surface area contributed by atoms with E-state index in [2.05, 4.69) is 25.3 Å². The fourth-order valence-corrected chi connectivity index (χ4v) is 5.56. The number of fused-ring (bicyclic) bond motifs is 3. The number of carbonyl (C=O) groups is 1. The molecule has 4 rings (SSSR count). The Kier molecular flexibility index (Phi) is 4.90. The minimum atomic E-state index is -1.03. The molecule has 0 bridgehead atoms. The molecule has 9 heteroatoms. The molecule has 0 saturated heterocycles. The molecule has 0 aliphatic heterocycles. The minimum Gasteiger partial charge on any atom is -0.467 e. The number of methoxy groups -OCH3 is 1. The van der Waals surface area contributed by atoms with Crippen LogP contribution < -0.4 is 11.2 Å². The van der Waals surface area contributed by atoms with E-state index in [0.29, 0.717) is 17.3 Å². The van der Waals surface area contributed by atoms with Crippen LogP contribution in [-0.2, 0) is 16.6 Å². The molecule has 31 heavy (non-hydrogen) atoms. The molecule has 1 aliphatic rings. The van der Waals surface area contributed by atoms with Crippen molar-refractivity contribution in [3.05, 3.63) is 32.7 Å². The van der Waals surface area contributed by atoms with Crippen LogP contribution in [0, 0.1) is 18.3 Å². The van der Waals surface area contributed by atoms with Crippen LogP contribution in [-0.4, -0.2) is 36.2 Å². The predicted octanol–water partition coefficient (Wildman–Crippen LogP) is 2.58. The summed E-state index contributed by atoms with van der Waals surface area (Å²) in [6, 6.07) is -0.768. The van der Waals surface area contributed by atoms with E-state index < -0.39 is 23.3 Å². The Bertz CT molecular complexity index is 1310. The van der Waals surface area contributed by atoms with Crippen LogP contribution in [0.15, 0.2) is 15.8 Å². The number of ether oxygens (including phenoxy) is 1. The molecular weight excluding hydrogens is 398 g/mol. The number of aryl methyl sites for hydroxylation is 2. The second-order valence-electron chi connectivity index (χ2n) is 9.88. The highest BCUT2D eigenvalue weighted by molar-refractivity contribution is 5.77. The lowest BCUT2D eigenvalue weighted by atomic mass is 9.70. The molecule has 1 aliphatic carbocycles. The second kappa shape index (κ2) is 7.10. The number of carbonyl (C=O) groups excluding carboxylic acids is 1. The molecule has 3 heterocycles. The number of rotatable bonds is 3. The van der Waals surface area contributed by atoms with Crippen LogP contribution in [0.3, 0.4) is 0 Å². The van der Waals surface area contributed by atoms with Gasteiger partial charge >= 0.3 is 11.7 Å². The van der Waals surface area contributed by atoms with Gasteiger partial charge < -0.3 is 9.30 Å². The van der Waals surface area contributed by atoms with Crippen molar-refractivity contribution in [2.75, 3.05) is 7.11 Å². The summed E-state index contributed by atoms with van der Waals surface area (Å²) in [4.78, 5) is 43.1. The van der Waals surface area contributed by atoms with Crippen LogP contribution in [0.2, 0.25) is 0 Å². The predicted molar refractivity (Wildman–Crippen MR) is 117 cm³/mol. The van der Waals surface area contributed by atoms with Gasteiger partial charge in [-0.3, -0.25) is 13.8 Å². The summed E-state index contributed by atoms with van der Waals surface area (Å²) in [7, 11) is 2.81. The normalized spacial score (nSPS) is 22.2. The van der Waals surface area contributed by atoms with Crippen LogP contribution >= 0.6 is 0 Å². The first-order chi connectivity index (χ1) is 14.5. The Morgan fingerprint density at radius 3 is 2.58 bits per heavy atom. The molecule has 3 aromatic rings. The zero-order valence-electron chi connectivity index (χ0n) is 19.3. The highest BCUT2D eigenvalue weighted by Crippen LogP contribution is 2.44. The molecule has 0 aromatic carbocycles. The third-order valence-corrected chi connectivity index (χ3v) is 6.68. The Morgan fingerprint density at radius 2 is 1.97 bits per heavy atom. The van der Waals surface area contributed by atoms with Gasteiger partial charge in [-0.1, -0.05) is 20.8 Å². The van der Waals surface area contributed by atoms with Crippen LogP contribution in [0.1, 0.15) is 64.7 Å². The Balaban J connectivity index is 2.00. The van der Waals surface area contributed by atoms with Gasteiger partial charge in [-0.15, -0.1) is 0 Å². The summed E-state index contributed by atoms with van der Waals surface area (Å²) in [6.07, 6.45) is 5.14. The monoisotopic (exact) mass is 429 g/mol. The third-order valence-electron chi connectivity index (χ3n) is 6.68. The SMILES string of the molecule is COC(=O)[C@H](C)n1c(=O)c2c(nc3n([C@H]4C[C@H](C)CC(C)(C)C4)c(C)cn23)n(C)c1=O. The lowest BCUT2D eigenvalue weighted by Crippen LogP contribution is -2.43. The highest BCUT2D eigenvalue weighted by atomic mass is 16.5. The summed E-state index contributed by atoms with van der Waals surface area (Å²) in [5, 5.41) is 0. The van der Waals surface area contributed by atoms with Gasteiger partial charge in [0, 0.05) is 25.0 Å². The summed E-state index contributed by atoms with van der Waals surface area (Å²) >= 11 is 0. The van der Waals surface area contributed by atoms with Crippen molar-refractivity contribution in [3.63, 3.8) is 0 Å². The van der Waals surface area contributed by atoms with Gasteiger partial charge in [-0.05, 0) is 44.4 Å². The topological polar surface area (TPSA) is 92.5 Å². The number of hydrogen-bond acceptors (Lipinski definition) is 5. The second-order valence-corrected chi connectivity index (χ2v) is 9.88.